The summed E-state index contributed by atoms with van der Waals surface area (Å²) in [7, 11) is 1.93. The van der Waals surface area contributed by atoms with E-state index in [9.17, 15) is 20.1 Å². The summed E-state index contributed by atoms with van der Waals surface area (Å²) < 4.78 is 18.0. The van der Waals surface area contributed by atoms with Gasteiger partial charge in [-0.25, -0.2) is 0 Å². The summed E-state index contributed by atoms with van der Waals surface area (Å²) in [4.78, 5) is 15.1. The Bertz CT molecular complexity index is 650. The topological polar surface area (TPSA) is 109 Å². The van der Waals surface area contributed by atoms with Crippen molar-refractivity contribution in [2.75, 3.05) is 20.2 Å². The lowest BCUT2D eigenvalue weighted by Crippen LogP contribution is -2.58. The molecule has 1 rings (SSSR count). The minimum absolute atomic E-state index is 0.0284. The van der Waals surface area contributed by atoms with E-state index in [1.54, 1.807) is 13.8 Å². The van der Waals surface area contributed by atoms with Crippen LogP contribution in [0.15, 0.2) is 0 Å². The normalized spacial score (nSPS) is 28.0. The van der Waals surface area contributed by atoms with Gasteiger partial charge >= 0.3 is 5.97 Å². The fourth-order valence-corrected chi connectivity index (χ4v) is 5.07. The molecule has 0 aromatic heterocycles. The Hall–Kier alpha value is -0.770. The third kappa shape index (κ3) is 10.7. The van der Waals surface area contributed by atoms with Gasteiger partial charge in [-0.05, 0) is 71.8 Å². The number of aliphatic hydroxyl groups is 3. The van der Waals surface area contributed by atoms with Crippen LogP contribution in [0.4, 0.5) is 0 Å². The molecule has 0 saturated carbocycles. The highest BCUT2D eigenvalue weighted by Crippen LogP contribution is 2.30. The van der Waals surface area contributed by atoms with Crippen LogP contribution in [0.25, 0.3) is 0 Å². The van der Waals surface area contributed by atoms with Crippen molar-refractivity contribution in [3.05, 3.63) is 0 Å². The van der Waals surface area contributed by atoms with E-state index in [-0.39, 0.29) is 37.1 Å². The maximum absolute atomic E-state index is 13.1. The number of ether oxygens (including phenoxy) is 3. The zero-order chi connectivity index (χ0) is 28.5. The van der Waals surface area contributed by atoms with Crippen molar-refractivity contribution < 1.29 is 34.3 Å². The fraction of sp³-hybridized carbons (Fsp3) is 0.966. The molecule has 0 aliphatic carbocycles. The summed E-state index contributed by atoms with van der Waals surface area (Å²) in [5, 5.41) is 31.7. The second-order valence-electron chi connectivity index (χ2n) is 12.2. The van der Waals surface area contributed by atoms with Gasteiger partial charge in [-0.2, -0.15) is 0 Å². The largest absolute Gasteiger partial charge is 0.459 e. The lowest BCUT2D eigenvalue weighted by atomic mass is 9.87. The maximum Gasteiger partial charge on any atom is 0.309 e. The third-order valence-corrected chi connectivity index (χ3v) is 8.41. The summed E-state index contributed by atoms with van der Waals surface area (Å²) in [5.74, 6) is 0.0448. The number of likely N-dealkylation sites (N-methyl/N-ethyl adjacent to an activating group) is 1. The minimum Gasteiger partial charge on any atom is -0.459 e. The zero-order valence-electron chi connectivity index (χ0n) is 25.1. The van der Waals surface area contributed by atoms with E-state index in [0.29, 0.717) is 24.7 Å². The summed E-state index contributed by atoms with van der Waals surface area (Å²) in [5.41, 5.74) is -1.62. The van der Waals surface area contributed by atoms with Gasteiger partial charge in [0.2, 0.25) is 0 Å². The Morgan fingerprint density at radius 2 is 1.78 bits per heavy atom. The molecule has 37 heavy (non-hydrogen) atoms. The molecule has 7 unspecified atom stereocenters. The molecule has 1 aliphatic rings. The van der Waals surface area contributed by atoms with Crippen molar-refractivity contribution >= 4 is 5.97 Å². The average molecular weight is 532 g/mol. The van der Waals surface area contributed by atoms with Gasteiger partial charge in [-0.3, -0.25) is 4.79 Å². The van der Waals surface area contributed by atoms with Crippen LogP contribution >= 0.6 is 0 Å². The molecule has 8 heteroatoms. The first kappa shape index (κ1) is 34.3. The predicted octanol–water partition coefficient (Wildman–Crippen LogP) is 3.99. The molecule has 0 amide bonds. The summed E-state index contributed by atoms with van der Waals surface area (Å²) in [6.45, 7) is 18.2. The number of carbonyl (C=O) groups excluding carboxylic acids is 1. The van der Waals surface area contributed by atoms with Crippen molar-refractivity contribution in [1.82, 2.24) is 4.90 Å². The van der Waals surface area contributed by atoms with Crippen molar-refractivity contribution in [3.8, 4) is 0 Å². The van der Waals surface area contributed by atoms with E-state index in [0.717, 1.165) is 25.8 Å². The van der Waals surface area contributed by atoms with E-state index in [1.165, 1.54) is 6.92 Å². The molecule has 0 spiro atoms. The van der Waals surface area contributed by atoms with Gasteiger partial charge < -0.3 is 34.4 Å². The van der Waals surface area contributed by atoms with E-state index < -0.39 is 29.7 Å². The van der Waals surface area contributed by atoms with Crippen LogP contribution < -0.4 is 0 Å². The molecule has 11 atom stereocenters. The van der Waals surface area contributed by atoms with Gasteiger partial charge in [0.15, 0.2) is 6.29 Å². The molecule has 1 heterocycles. The van der Waals surface area contributed by atoms with Crippen LogP contribution in [0.5, 0.6) is 0 Å². The standard InChI is InChI=1S/C29H57NO7/c1-11-18(2)17-30(10)23(7)27(32)29(9,34)24(8)36-28(33)21(5)16-25(20(4)12-13-31)37-26-15-19(3)14-22(6)35-26/h18-27,31-32,34H,11-17H2,1-10H3/t18-,19?,20?,21?,22?,23?,24?,25-,26+,27?,29-/m1/s1. The Morgan fingerprint density at radius 3 is 2.32 bits per heavy atom. The predicted molar refractivity (Wildman–Crippen MR) is 146 cm³/mol. The van der Waals surface area contributed by atoms with Crippen molar-refractivity contribution in [2.24, 2.45) is 23.7 Å². The van der Waals surface area contributed by atoms with Crippen molar-refractivity contribution in [1.29, 1.82) is 0 Å². The number of hydrogen-bond acceptors (Lipinski definition) is 8. The van der Waals surface area contributed by atoms with Crippen molar-refractivity contribution in [3.63, 3.8) is 0 Å². The molecule has 0 aromatic carbocycles. The van der Waals surface area contributed by atoms with E-state index in [2.05, 4.69) is 20.8 Å². The molecule has 1 fully saturated rings. The second-order valence-corrected chi connectivity index (χ2v) is 12.2. The second kappa shape index (κ2) is 15.7. The summed E-state index contributed by atoms with van der Waals surface area (Å²) in [6.07, 6.45) is 1.28. The number of esters is 1. The molecular weight excluding hydrogens is 474 g/mol. The van der Waals surface area contributed by atoms with Crippen LogP contribution in [0.1, 0.15) is 94.4 Å². The number of rotatable bonds is 16. The molecule has 1 aliphatic heterocycles. The van der Waals surface area contributed by atoms with Crippen LogP contribution in [0.2, 0.25) is 0 Å². The Morgan fingerprint density at radius 1 is 1.16 bits per heavy atom. The summed E-state index contributed by atoms with van der Waals surface area (Å²) >= 11 is 0. The van der Waals surface area contributed by atoms with Gasteiger partial charge in [0.05, 0.1) is 18.1 Å². The van der Waals surface area contributed by atoms with Gasteiger partial charge in [0, 0.05) is 25.6 Å². The van der Waals surface area contributed by atoms with E-state index in [1.807, 2.05) is 32.7 Å². The quantitative estimate of drug-likeness (QED) is 0.257. The SMILES string of the molecule is CC[C@@H](C)CN(C)C(C)C(O)[C@](C)(O)C(C)OC(=O)C(C)C[C@@H](O[C@H]1CC(C)CC(C)O1)C(C)CCO. The van der Waals surface area contributed by atoms with Crippen LogP contribution in [0.3, 0.4) is 0 Å². The first-order valence-electron chi connectivity index (χ1n) is 14.4. The van der Waals surface area contributed by atoms with Crippen LogP contribution in [-0.2, 0) is 19.0 Å². The maximum atomic E-state index is 13.1. The Labute approximate surface area is 226 Å². The van der Waals surface area contributed by atoms with Crippen LogP contribution in [-0.4, -0.2) is 88.7 Å². The molecular formula is C29H57NO7. The first-order valence-corrected chi connectivity index (χ1v) is 14.4. The van der Waals surface area contributed by atoms with Gasteiger partial charge in [-0.15, -0.1) is 0 Å². The molecule has 220 valence electrons. The average Bonchev–Trinajstić information content (AvgIpc) is 2.81. The number of nitrogens with zero attached hydrogens (tertiary/aromatic N) is 1. The molecule has 8 nitrogen and oxygen atoms in total. The number of aliphatic hydroxyl groups excluding tert-OH is 2. The highest BCUT2D eigenvalue weighted by atomic mass is 16.7. The van der Waals surface area contributed by atoms with Crippen molar-refractivity contribution in [2.45, 2.75) is 137 Å². The third-order valence-electron chi connectivity index (χ3n) is 8.41. The monoisotopic (exact) mass is 531 g/mol. The lowest BCUT2D eigenvalue weighted by molar-refractivity contribution is -0.231. The first-order chi connectivity index (χ1) is 17.1. The lowest BCUT2D eigenvalue weighted by Gasteiger charge is -2.41. The van der Waals surface area contributed by atoms with Gasteiger partial charge in [0.1, 0.15) is 17.8 Å². The summed E-state index contributed by atoms with van der Waals surface area (Å²) in [6, 6.07) is -0.319. The van der Waals surface area contributed by atoms with Gasteiger partial charge in [0.25, 0.3) is 0 Å². The Kier molecular flexibility index (Phi) is 14.6. The molecule has 1 saturated heterocycles. The molecule has 0 radical (unpaired) electrons. The zero-order valence-corrected chi connectivity index (χ0v) is 25.1. The number of hydrogen-bond donors (Lipinski definition) is 3. The van der Waals surface area contributed by atoms with E-state index >= 15 is 0 Å². The highest BCUT2D eigenvalue weighted by molar-refractivity contribution is 5.72. The van der Waals surface area contributed by atoms with Crippen LogP contribution in [0, 0.1) is 23.7 Å². The highest BCUT2D eigenvalue weighted by Gasteiger charge is 2.43. The smallest absolute Gasteiger partial charge is 0.309 e. The molecule has 0 aromatic rings. The number of carbonyl (C=O) groups is 1. The molecule has 0 bridgehead atoms. The Balaban J connectivity index is 2.81. The molecule has 3 N–H and O–H groups in total. The van der Waals surface area contributed by atoms with Gasteiger partial charge in [-0.1, -0.05) is 41.0 Å². The fourth-order valence-electron chi connectivity index (χ4n) is 5.07. The minimum atomic E-state index is -1.62. The van der Waals surface area contributed by atoms with E-state index in [4.69, 9.17) is 14.2 Å².